The van der Waals surface area contributed by atoms with Gasteiger partial charge in [0.05, 0.1) is 0 Å². The van der Waals surface area contributed by atoms with Crippen molar-refractivity contribution in [2.75, 3.05) is 0 Å². The van der Waals surface area contributed by atoms with Crippen LogP contribution in [-0.2, 0) is 4.79 Å². The van der Waals surface area contributed by atoms with Gasteiger partial charge in [-0.05, 0) is 72.7 Å². The van der Waals surface area contributed by atoms with Gasteiger partial charge in [-0.1, -0.05) is 70.4 Å². The molecule has 146 valence electrons. The zero-order chi connectivity index (χ0) is 19.2. The summed E-state index contributed by atoms with van der Waals surface area (Å²) >= 11 is 0. The Labute approximate surface area is 165 Å². The number of fused-ring (bicyclic) bond motifs is 3. The Balaban J connectivity index is 1.64. The molecule has 1 nitrogen and oxygen atoms in total. The molecule has 2 saturated carbocycles. The Bertz CT molecular complexity index is 778. The summed E-state index contributed by atoms with van der Waals surface area (Å²) in [5, 5.41) is 0. The fourth-order valence-corrected chi connectivity index (χ4v) is 8.18. The minimum atomic E-state index is 0.0215. The van der Waals surface area contributed by atoms with Gasteiger partial charge in [-0.15, -0.1) is 0 Å². The molecule has 0 radical (unpaired) electrons. The van der Waals surface area contributed by atoms with Gasteiger partial charge in [0, 0.05) is 11.3 Å². The second-order valence-electron chi connectivity index (χ2n) is 11.6. The van der Waals surface area contributed by atoms with Crippen molar-refractivity contribution in [3.63, 3.8) is 0 Å². The van der Waals surface area contributed by atoms with E-state index in [0.29, 0.717) is 34.4 Å². The minimum Gasteiger partial charge on any atom is -0.294 e. The molecule has 0 heterocycles. The summed E-state index contributed by atoms with van der Waals surface area (Å²) in [6.45, 7) is 12.2. The molecule has 0 aromatic heterocycles. The molecule has 5 aliphatic rings. The lowest BCUT2D eigenvalue weighted by Gasteiger charge is -2.60. The van der Waals surface area contributed by atoms with Crippen molar-refractivity contribution in [1.29, 1.82) is 0 Å². The highest BCUT2D eigenvalue weighted by molar-refractivity contribution is 5.95. The zero-order valence-electron chi connectivity index (χ0n) is 17.8. The average Bonchev–Trinajstić information content (AvgIpc) is 3.14. The minimum absolute atomic E-state index is 0.0215. The second kappa shape index (κ2) is 5.49. The van der Waals surface area contributed by atoms with E-state index in [9.17, 15) is 4.79 Å². The summed E-state index contributed by atoms with van der Waals surface area (Å²) < 4.78 is 0. The van der Waals surface area contributed by atoms with Gasteiger partial charge in [-0.3, -0.25) is 4.79 Å². The van der Waals surface area contributed by atoms with Gasteiger partial charge in [0.15, 0.2) is 5.78 Å². The number of carbonyl (C=O) groups excluding carboxylic acids is 1. The van der Waals surface area contributed by atoms with Crippen LogP contribution in [0.4, 0.5) is 0 Å². The van der Waals surface area contributed by atoms with Crippen LogP contribution in [0.2, 0.25) is 0 Å². The molecule has 0 bridgehead atoms. The number of carbonyl (C=O) groups is 1. The molecule has 27 heavy (non-hydrogen) atoms. The lowest BCUT2D eigenvalue weighted by atomic mass is 9.44. The number of hydrogen-bond donors (Lipinski definition) is 0. The van der Waals surface area contributed by atoms with E-state index in [1.807, 2.05) is 6.08 Å². The summed E-state index contributed by atoms with van der Waals surface area (Å²) in [6.07, 6.45) is 17.1. The summed E-state index contributed by atoms with van der Waals surface area (Å²) in [5.41, 5.74) is 4.00. The fourth-order valence-electron chi connectivity index (χ4n) is 8.18. The lowest BCUT2D eigenvalue weighted by molar-refractivity contribution is -0.127. The van der Waals surface area contributed by atoms with E-state index in [1.165, 1.54) is 32.1 Å². The monoisotopic (exact) mass is 364 g/mol. The van der Waals surface area contributed by atoms with E-state index in [4.69, 9.17) is 0 Å². The summed E-state index contributed by atoms with van der Waals surface area (Å²) in [5.74, 6) is 2.97. The van der Waals surface area contributed by atoms with Crippen molar-refractivity contribution in [3.05, 3.63) is 35.5 Å². The first kappa shape index (κ1) is 18.0. The Kier molecular flexibility index (Phi) is 3.65. The van der Waals surface area contributed by atoms with Crippen molar-refractivity contribution in [2.24, 2.45) is 45.8 Å². The normalized spacial score (nSPS) is 47.1. The van der Waals surface area contributed by atoms with Gasteiger partial charge in [0.2, 0.25) is 0 Å². The summed E-state index contributed by atoms with van der Waals surface area (Å²) in [6, 6.07) is 0. The SMILES string of the molecule is CC(C)C1=C[C@@]2(C=C3C[C@H]4C(C)(C)CCC[C@]4(C)C4C=CC(=O)C2C34)CC1. The molecule has 5 aliphatic carbocycles. The van der Waals surface area contributed by atoms with E-state index in [-0.39, 0.29) is 11.3 Å². The molecule has 2 fully saturated rings. The van der Waals surface area contributed by atoms with Crippen LogP contribution in [0.25, 0.3) is 0 Å². The third kappa shape index (κ3) is 2.26. The summed E-state index contributed by atoms with van der Waals surface area (Å²) in [4.78, 5) is 13.2. The number of hydrogen-bond acceptors (Lipinski definition) is 1. The standard InChI is InChI=1S/C26H36O/c1-16(2)17-9-12-26(14-17)15-18-13-21-24(3,4)10-6-11-25(21,5)19-7-8-20(27)23(26)22(18)19/h7-8,14-16,19,21-23H,6,9-13H2,1-5H3/t19?,21-,22?,23?,25+,26+/m0/s1. The number of rotatable bonds is 1. The smallest absolute Gasteiger partial charge is 0.160 e. The van der Waals surface area contributed by atoms with E-state index >= 15 is 0 Å². The van der Waals surface area contributed by atoms with E-state index < -0.39 is 0 Å². The van der Waals surface area contributed by atoms with Gasteiger partial charge in [-0.25, -0.2) is 0 Å². The van der Waals surface area contributed by atoms with Gasteiger partial charge in [-0.2, -0.15) is 0 Å². The third-order valence-electron chi connectivity index (χ3n) is 9.50. The maximum Gasteiger partial charge on any atom is 0.160 e. The maximum atomic E-state index is 13.2. The van der Waals surface area contributed by atoms with Crippen LogP contribution in [0.5, 0.6) is 0 Å². The first-order chi connectivity index (χ1) is 12.7. The van der Waals surface area contributed by atoms with E-state index in [1.54, 1.807) is 11.1 Å². The largest absolute Gasteiger partial charge is 0.294 e. The molecule has 5 rings (SSSR count). The predicted molar refractivity (Wildman–Crippen MR) is 111 cm³/mol. The Morgan fingerprint density at radius 2 is 1.85 bits per heavy atom. The second-order valence-corrected chi connectivity index (χ2v) is 11.6. The van der Waals surface area contributed by atoms with Crippen molar-refractivity contribution in [3.8, 4) is 0 Å². The van der Waals surface area contributed by atoms with Gasteiger partial charge in [0.1, 0.15) is 0 Å². The molecule has 0 saturated heterocycles. The molecule has 3 unspecified atom stereocenters. The molecule has 1 heteroatoms. The molecule has 0 aromatic rings. The topological polar surface area (TPSA) is 17.1 Å². The van der Waals surface area contributed by atoms with Crippen molar-refractivity contribution in [1.82, 2.24) is 0 Å². The van der Waals surface area contributed by atoms with Crippen molar-refractivity contribution in [2.45, 2.75) is 73.1 Å². The van der Waals surface area contributed by atoms with Crippen molar-refractivity contribution < 1.29 is 4.79 Å². The molecular formula is C26H36O. The molecule has 0 amide bonds. The van der Waals surface area contributed by atoms with Crippen LogP contribution in [0.15, 0.2) is 35.5 Å². The molecule has 0 aliphatic heterocycles. The average molecular weight is 365 g/mol. The molecular weight excluding hydrogens is 328 g/mol. The Hall–Kier alpha value is -1.11. The third-order valence-corrected chi connectivity index (χ3v) is 9.50. The highest BCUT2D eigenvalue weighted by Crippen LogP contribution is 2.69. The number of allylic oxidation sites excluding steroid dienone is 6. The lowest BCUT2D eigenvalue weighted by Crippen LogP contribution is -2.54. The molecule has 0 N–H and O–H groups in total. The van der Waals surface area contributed by atoms with Crippen LogP contribution in [0, 0.1) is 45.8 Å². The van der Waals surface area contributed by atoms with E-state index in [2.05, 4.69) is 52.8 Å². The fraction of sp³-hybridized carbons (Fsp3) is 0.731. The molecule has 6 atom stereocenters. The van der Waals surface area contributed by atoms with Gasteiger partial charge < -0.3 is 0 Å². The van der Waals surface area contributed by atoms with Crippen LogP contribution < -0.4 is 0 Å². The van der Waals surface area contributed by atoms with Crippen molar-refractivity contribution >= 4 is 5.78 Å². The summed E-state index contributed by atoms with van der Waals surface area (Å²) in [7, 11) is 0. The quantitative estimate of drug-likeness (QED) is 0.484. The zero-order valence-corrected chi connectivity index (χ0v) is 17.8. The molecule has 1 spiro atoms. The molecule has 0 aromatic carbocycles. The van der Waals surface area contributed by atoms with Crippen LogP contribution in [0.3, 0.4) is 0 Å². The van der Waals surface area contributed by atoms with Crippen LogP contribution in [-0.4, -0.2) is 5.78 Å². The highest BCUT2D eigenvalue weighted by atomic mass is 16.1. The van der Waals surface area contributed by atoms with Gasteiger partial charge in [0.25, 0.3) is 0 Å². The Morgan fingerprint density at radius 1 is 1.07 bits per heavy atom. The predicted octanol–water partition coefficient (Wildman–Crippen LogP) is 6.51. The van der Waals surface area contributed by atoms with Crippen LogP contribution >= 0.6 is 0 Å². The Morgan fingerprint density at radius 3 is 2.56 bits per heavy atom. The maximum absolute atomic E-state index is 13.2. The first-order valence-corrected chi connectivity index (χ1v) is 11.3. The highest BCUT2D eigenvalue weighted by Gasteiger charge is 2.63. The number of ketones is 1. The first-order valence-electron chi connectivity index (χ1n) is 11.3. The van der Waals surface area contributed by atoms with Crippen LogP contribution in [0.1, 0.15) is 73.1 Å². The van der Waals surface area contributed by atoms with E-state index in [0.717, 1.165) is 12.3 Å². The van der Waals surface area contributed by atoms with Gasteiger partial charge >= 0.3 is 0 Å².